The molecule has 8 heteroatoms. The number of anilines is 1. The maximum Gasteiger partial charge on any atom is 0.162 e. The summed E-state index contributed by atoms with van der Waals surface area (Å²) in [6.45, 7) is 0. The number of hydrogen-bond donors (Lipinski definition) is 2. The van der Waals surface area contributed by atoms with Crippen molar-refractivity contribution < 1.29 is 5.11 Å². The molecule has 98 valence electrons. The summed E-state index contributed by atoms with van der Waals surface area (Å²) in [4.78, 5) is 4.21. The molecule has 0 saturated heterocycles. The molecule has 0 aliphatic carbocycles. The minimum Gasteiger partial charge on any atom is -0.369 e. The average Bonchev–Trinajstić information content (AvgIpc) is 2.93. The van der Waals surface area contributed by atoms with Crippen LogP contribution in [0, 0.1) is 3.70 Å². The standard InChI is InChI=1S/C11H11IN6O/c1-17-6-8(9(12)16-17)15-11(19)7-5-14-18-4-2-3-13-10(7)18/h2-6,11,15,19H,1H3. The predicted octanol–water partition coefficient (Wildman–Crippen LogP) is 1.17. The molecule has 1 unspecified atom stereocenters. The van der Waals surface area contributed by atoms with Gasteiger partial charge in [-0.15, -0.1) is 0 Å². The van der Waals surface area contributed by atoms with E-state index in [-0.39, 0.29) is 0 Å². The largest absolute Gasteiger partial charge is 0.369 e. The number of aliphatic hydroxyl groups is 1. The second-order valence-electron chi connectivity index (χ2n) is 4.04. The summed E-state index contributed by atoms with van der Waals surface area (Å²) in [5.41, 5.74) is 2.02. The van der Waals surface area contributed by atoms with Crippen LogP contribution in [0.4, 0.5) is 5.69 Å². The number of nitrogens with zero attached hydrogens (tertiary/aromatic N) is 5. The van der Waals surface area contributed by atoms with E-state index in [1.54, 1.807) is 33.9 Å². The van der Waals surface area contributed by atoms with Crippen molar-refractivity contribution in [2.75, 3.05) is 5.32 Å². The Kier molecular flexibility index (Phi) is 3.11. The Labute approximate surface area is 122 Å². The number of halogens is 1. The first-order valence-electron chi connectivity index (χ1n) is 5.57. The van der Waals surface area contributed by atoms with Crippen molar-refractivity contribution in [2.45, 2.75) is 6.23 Å². The molecule has 3 heterocycles. The van der Waals surface area contributed by atoms with E-state index in [4.69, 9.17) is 0 Å². The van der Waals surface area contributed by atoms with Crippen molar-refractivity contribution in [3.05, 3.63) is 40.1 Å². The summed E-state index contributed by atoms with van der Waals surface area (Å²) in [6.07, 6.45) is 5.98. The summed E-state index contributed by atoms with van der Waals surface area (Å²) in [5.74, 6) is 0. The normalized spacial score (nSPS) is 12.8. The van der Waals surface area contributed by atoms with Gasteiger partial charge in [-0.25, -0.2) is 9.50 Å². The van der Waals surface area contributed by atoms with E-state index in [1.807, 2.05) is 13.2 Å². The van der Waals surface area contributed by atoms with E-state index in [2.05, 4.69) is 43.1 Å². The second-order valence-corrected chi connectivity index (χ2v) is 5.06. The first-order valence-corrected chi connectivity index (χ1v) is 6.65. The van der Waals surface area contributed by atoms with Crippen LogP contribution < -0.4 is 5.32 Å². The third-order valence-corrected chi connectivity index (χ3v) is 3.47. The molecule has 0 bridgehead atoms. The van der Waals surface area contributed by atoms with Gasteiger partial charge in [0.05, 0.1) is 17.4 Å². The molecule has 0 aliphatic heterocycles. The lowest BCUT2D eigenvalue weighted by Crippen LogP contribution is -2.10. The maximum absolute atomic E-state index is 10.2. The number of aliphatic hydroxyl groups excluding tert-OH is 1. The molecule has 0 spiro atoms. The van der Waals surface area contributed by atoms with Gasteiger partial charge < -0.3 is 10.4 Å². The molecule has 0 amide bonds. The van der Waals surface area contributed by atoms with Crippen LogP contribution in [0.5, 0.6) is 0 Å². The molecule has 0 fully saturated rings. The van der Waals surface area contributed by atoms with Gasteiger partial charge in [0.25, 0.3) is 0 Å². The van der Waals surface area contributed by atoms with Crippen LogP contribution in [0.2, 0.25) is 0 Å². The van der Waals surface area contributed by atoms with Gasteiger partial charge in [0.15, 0.2) is 11.9 Å². The van der Waals surface area contributed by atoms with E-state index in [1.165, 1.54) is 0 Å². The van der Waals surface area contributed by atoms with Crippen LogP contribution >= 0.6 is 22.6 Å². The summed E-state index contributed by atoms with van der Waals surface area (Å²) in [6, 6.07) is 1.79. The summed E-state index contributed by atoms with van der Waals surface area (Å²) in [7, 11) is 1.83. The Morgan fingerprint density at radius 1 is 1.47 bits per heavy atom. The Bertz CT molecular complexity index is 721. The summed E-state index contributed by atoms with van der Waals surface area (Å²) >= 11 is 2.11. The number of fused-ring (bicyclic) bond motifs is 1. The minimum atomic E-state index is -0.884. The van der Waals surface area contributed by atoms with Gasteiger partial charge in [-0.1, -0.05) is 0 Å². The van der Waals surface area contributed by atoms with Crippen molar-refractivity contribution in [1.29, 1.82) is 0 Å². The predicted molar refractivity (Wildman–Crippen MR) is 77.5 cm³/mol. The SMILES string of the molecule is Cn1cc(NC(O)c2cnn3cccnc23)c(I)n1. The molecular formula is C11H11IN6O. The average molecular weight is 370 g/mol. The van der Waals surface area contributed by atoms with Crippen LogP contribution in [-0.2, 0) is 7.05 Å². The molecule has 0 radical (unpaired) electrons. The first kappa shape index (κ1) is 12.4. The van der Waals surface area contributed by atoms with Crippen LogP contribution in [-0.4, -0.2) is 29.5 Å². The fraction of sp³-hybridized carbons (Fsp3) is 0.182. The number of rotatable bonds is 3. The fourth-order valence-electron chi connectivity index (χ4n) is 1.82. The monoisotopic (exact) mass is 370 g/mol. The molecule has 1 atom stereocenters. The van der Waals surface area contributed by atoms with Crippen molar-refractivity contribution in [1.82, 2.24) is 24.4 Å². The van der Waals surface area contributed by atoms with Crippen LogP contribution in [0.1, 0.15) is 11.8 Å². The van der Waals surface area contributed by atoms with Gasteiger partial charge in [-0.05, 0) is 28.7 Å². The van der Waals surface area contributed by atoms with Crippen LogP contribution in [0.15, 0.2) is 30.9 Å². The second kappa shape index (κ2) is 4.78. The third kappa shape index (κ3) is 2.28. The molecule has 2 N–H and O–H groups in total. The number of aryl methyl sites for hydroxylation is 1. The van der Waals surface area contributed by atoms with Crippen molar-refractivity contribution in [2.24, 2.45) is 7.05 Å². The molecule has 3 rings (SSSR count). The van der Waals surface area contributed by atoms with Gasteiger partial charge in [0.1, 0.15) is 3.70 Å². The third-order valence-electron chi connectivity index (χ3n) is 2.68. The Balaban J connectivity index is 1.92. The van der Waals surface area contributed by atoms with E-state index < -0.39 is 6.23 Å². The zero-order valence-corrected chi connectivity index (χ0v) is 12.2. The van der Waals surface area contributed by atoms with Gasteiger partial charge in [-0.3, -0.25) is 4.68 Å². The fourth-order valence-corrected chi connectivity index (χ4v) is 2.46. The molecule has 3 aromatic heterocycles. The number of hydrogen-bond acceptors (Lipinski definition) is 5. The van der Waals surface area contributed by atoms with Gasteiger partial charge >= 0.3 is 0 Å². The van der Waals surface area contributed by atoms with Crippen molar-refractivity contribution in [3.63, 3.8) is 0 Å². The molecule has 3 aromatic rings. The Morgan fingerprint density at radius 3 is 3.05 bits per heavy atom. The van der Waals surface area contributed by atoms with Crippen LogP contribution in [0.25, 0.3) is 5.65 Å². The lowest BCUT2D eigenvalue weighted by Gasteiger charge is -2.11. The lowest BCUT2D eigenvalue weighted by molar-refractivity contribution is 0.209. The van der Waals surface area contributed by atoms with E-state index in [0.717, 1.165) is 9.39 Å². The van der Waals surface area contributed by atoms with E-state index in [0.29, 0.717) is 11.2 Å². The topological polar surface area (TPSA) is 80.3 Å². The summed E-state index contributed by atoms with van der Waals surface area (Å²) < 4.78 is 4.10. The molecule has 7 nitrogen and oxygen atoms in total. The minimum absolute atomic E-state index is 0.625. The van der Waals surface area contributed by atoms with E-state index >= 15 is 0 Å². The smallest absolute Gasteiger partial charge is 0.162 e. The molecule has 0 saturated carbocycles. The molecule has 0 aliphatic rings. The summed E-state index contributed by atoms with van der Waals surface area (Å²) in [5, 5.41) is 21.6. The van der Waals surface area contributed by atoms with E-state index in [9.17, 15) is 5.11 Å². The number of aromatic nitrogens is 5. The quantitative estimate of drug-likeness (QED) is 0.535. The zero-order valence-electron chi connectivity index (χ0n) is 10.0. The van der Waals surface area contributed by atoms with Crippen molar-refractivity contribution >= 4 is 33.9 Å². The van der Waals surface area contributed by atoms with Gasteiger partial charge in [-0.2, -0.15) is 10.2 Å². The zero-order chi connectivity index (χ0) is 13.4. The molecular weight excluding hydrogens is 359 g/mol. The van der Waals surface area contributed by atoms with Gasteiger partial charge in [0, 0.05) is 25.6 Å². The maximum atomic E-state index is 10.2. The highest BCUT2D eigenvalue weighted by atomic mass is 127. The highest BCUT2D eigenvalue weighted by Crippen LogP contribution is 2.23. The molecule has 19 heavy (non-hydrogen) atoms. The highest BCUT2D eigenvalue weighted by molar-refractivity contribution is 14.1. The van der Waals surface area contributed by atoms with Crippen molar-refractivity contribution in [3.8, 4) is 0 Å². The highest BCUT2D eigenvalue weighted by Gasteiger charge is 2.16. The first-order chi connectivity index (χ1) is 9.15. The molecule has 0 aromatic carbocycles. The lowest BCUT2D eigenvalue weighted by atomic mass is 10.3. The Hall–Kier alpha value is -1.68. The number of nitrogens with one attached hydrogen (secondary N) is 1. The van der Waals surface area contributed by atoms with Crippen LogP contribution in [0.3, 0.4) is 0 Å². The Morgan fingerprint density at radius 2 is 2.32 bits per heavy atom. The van der Waals surface area contributed by atoms with Gasteiger partial charge in [0.2, 0.25) is 0 Å².